The maximum Gasteiger partial charge on any atom is 0.307 e. The molecule has 0 amide bonds. The third-order valence-corrected chi connectivity index (χ3v) is 4.41. The number of aliphatic carboxylic acids is 1. The molecule has 0 radical (unpaired) electrons. The quantitative estimate of drug-likeness (QED) is 0.908. The van der Waals surface area contributed by atoms with Gasteiger partial charge in [0.1, 0.15) is 0 Å². The van der Waals surface area contributed by atoms with Crippen molar-refractivity contribution in [2.75, 3.05) is 11.9 Å². The Balaban J connectivity index is 2.12. The van der Waals surface area contributed by atoms with Crippen molar-refractivity contribution in [3.8, 4) is 0 Å². The Kier molecular flexibility index (Phi) is 4.55. The van der Waals surface area contributed by atoms with Gasteiger partial charge in [0.2, 0.25) is 0 Å². The average Bonchev–Trinajstić information content (AvgIpc) is 2.74. The number of carboxylic acids is 1. The molecule has 4 nitrogen and oxygen atoms in total. The molecular formula is C13H13BrN2O2S. The highest BCUT2D eigenvalue weighted by atomic mass is 79.9. The molecule has 0 aliphatic rings. The monoisotopic (exact) mass is 340 g/mol. The summed E-state index contributed by atoms with van der Waals surface area (Å²) < 4.78 is 5.12. The summed E-state index contributed by atoms with van der Waals surface area (Å²) in [6.45, 7) is 0.738. The minimum atomic E-state index is -0.815. The molecule has 0 bridgehead atoms. The Hall–Kier alpha value is -1.40. The lowest BCUT2D eigenvalue weighted by molar-refractivity contribution is -0.136. The van der Waals surface area contributed by atoms with Crippen molar-refractivity contribution in [1.82, 2.24) is 4.37 Å². The summed E-state index contributed by atoms with van der Waals surface area (Å²) in [7, 11) is 1.98. The smallest absolute Gasteiger partial charge is 0.307 e. The van der Waals surface area contributed by atoms with Gasteiger partial charge >= 0.3 is 5.97 Å². The number of rotatable bonds is 5. The molecular weight excluding hydrogens is 328 g/mol. The number of benzene rings is 1. The fourth-order valence-electron chi connectivity index (χ4n) is 1.74. The topological polar surface area (TPSA) is 53.4 Å². The number of halogens is 1. The van der Waals surface area contributed by atoms with Crippen LogP contribution in [-0.4, -0.2) is 22.5 Å². The van der Waals surface area contributed by atoms with Crippen LogP contribution in [0.25, 0.3) is 0 Å². The first-order chi connectivity index (χ1) is 9.06. The molecule has 2 rings (SSSR count). The predicted octanol–water partition coefficient (Wildman–Crippen LogP) is 3.17. The molecule has 19 heavy (non-hydrogen) atoms. The maximum atomic E-state index is 10.7. The summed E-state index contributed by atoms with van der Waals surface area (Å²) in [5.41, 5.74) is 1.80. The standard InChI is InChI=1S/C13H13BrN2O2S/c1-16(8-12-11(14)7-15-19-12)10-4-2-3-9(5-10)6-13(17)18/h2-5,7H,6,8H2,1H3,(H,17,18). The summed E-state index contributed by atoms with van der Waals surface area (Å²) in [5, 5.41) is 8.81. The Labute approximate surface area is 124 Å². The largest absolute Gasteiger partial charge is 0.481 e. The highest BCUT2D eigenvalue weighted by molar-refractivity contribution is 9.10. The lowest BCUT2D eigenvalue weighted by Gasteiger charge is -2.19. The van der Waals surface area contributed by atoms with E-state index in [9.17, 15) is 4.79 Å². The van der Waals surface area contributed by atoms with E-state index in [-0.39, 0.29) is 6.42 Å². The Morgan fingerprint density at radius 3 is 2.95 bits per heavy atom. The van der Waals surface area contributed by atoms with Crippen LogP contribution in [0.3, 0.4) is 0 Å². The number of carbonyl (C=O) groups is 1. The molecule has 1 aromatic heterocycles. The predicted molar refractivity (Wildman–Crippen MR) is 79.7 cm³/mol. The second-order valence-corrected chi connectivity index (χ2v) is 5.93. The summed E-state index contributed by atoms with van der Waals surface area (Å²) in [6.07, 6.45) is 1.83. The van der Waals surface area contributed by atoms with Crippen LogP contribution in [0.4, 0.5) is 5.69 Å². The first-order valence-electron chi connectivity index (χ1n) is 5.67. The van der Waals surface area contributed by atoms with Crippen molar-refractivity contribution < 1.29 is 9.90 Å². The first kappa shape index (κ1) is 14.0. The van der Waals surface area contributed by atoms with Gasteiger partial charge in [-0.05, 0) is 45.2 Å². The van der Waals surface area contributed by atoms with Crippen LogP contribution in [0.1, 0.15) is 10.4 Å². The van der Waals surface area contributed by atoms with E-state index in [2.05, 4.69) is 25.2 Å². The second-order valence-electron chi connectivity index (χ2n) is 4.19. The summed E-state index contributed by atoms with van der Waals surface area (Å²) in [4.78, 5) is 13.9. The minimum Gasteiger partial charge on any atom is -0.481 e. The van der Waals surface area contributed by atoms with E-state index < -0.39 is 5.97 Å². The number of aromatic nitrogens is 1. The van der Waals surface area contributed by atoms with Crippen LogP contribution < -0.4 is 4.90 Å². The molecule has 0 saturated carbocycles. The third-order valence-electron chi connectivity index (χ3n) is 2.68. The molecule has 0 unspecified atom stereocenters. The van der Waals surface area contributed by atoms with Crippen molar-refractivity contribution in [2.45, 2.75) is 13.0 Å². The van der Waals surface area contributed by atoms with Crippen molar-refractivity contribution in [3.63, 3.8) is 0 Å². The fraction of sp³-hybridized carbons (Fsp3) is 0.231. The lowest BCUT2D eigenvalue weighted by atomic mass is 10.1. The van der Waals surface area contributed by atoms with Gasteiger partial charge in [-0.15, -0.1) is 0 Å². The molecule has 1 N–H and O–H groups in total. The van der Waals surface area contributed by atoms with Gasteiger partial charge in [0.05, 0.1) is 28.5 Å². The summed E-state index contributed by atoms with van der Waals surface area (Å²) in [5.74, 6) is -0.815. The summed E-state index contributed by atoms with van der Waals surface area (Å²) in [6, 6.07) is 7.59. The molecule has 0 fully saturated rings. The number of nitrogens with zero attached hydrogens (tertiary/aromatic N) is 2. The SMILES string of the molecule is CN(Cc1sncc1Br)c1cccc(CC(=O)O)c1. The van der Waals surface area contributed by atoms with E-state index in [1.807, 2.05) is 31.3 Å². The van der Waals surface area contributed by atoms with E-state index in [1.165, 1.54) is 11.5 Å². The average molecular weight is 341 g/mol. The third kappa shape index (κ3) is 3.78. The zero-order valence-corrected chi connectivity index (χ0v) is 12.7. The fourth-order valence-corrected chi connectivity index (χ4v) is 3.00. The zero-order valence-electron chi connectivity index (χ0n) is 10.3. The Morgan fingerprint density at radius 2 is 2.32 bits per heavy atom. The van der Waals surface area contributed by atoms with E-state index in [4.69, 9.17) is 5.11 Å². The van der Waals surface area contributed by atoms with Gasteiger partial charge < -0.3 is 10.0 Å². The molecule has 0 saturated heterocycles. The van der Waals surface area contributed by atoms with E-state index in [0.717, 1.165) is 27.1 Å². The molecule has 0 aliphatic carbocycles. The summed E-state index contributed by atoms with van der Waals surface area (Å²) >= 11 is 4.91. The van der Waals surface area contributed by atoms with E-state index in [1.54, 1.807) is 6.20 Å². The molecule has 0 spiro atoms. The van der Waals surface area contributed by atoms with Crippen molar-refractivity contribution in [2.24, 2.45) is 0 Å². The Bertz CT molecular complexity index is 586. The van der Waals surface area contributed by atoms with Crippen LogP contribution in [0, 0.1) is 0 Å². The van der Waals surface area contributed by atoms with Gasteiger partial charge in [-0.3, -0.25) is 4.79 Å². The number of carboxylic acid groups (broad SMARTS) is 1. The number of anilines is 1. The maximum absolute atomic E-state index is 10.7. The molecule has 0 atom stereocenters. The second kappa shape index (κ2) is 6.16. The molecule has 2 aromatic rings. The van der Waals surface area contributed by atoms with Gasteiger partial charge in [0.15, 0.2) is 0 Å². The van der Waals surface area contributed by atoms with E-state index in [0.29, 0.717) is 0 Å². The van der Waals surface area contributed by atoms with Crippen LogP contribution in [0.15, 0.2) is 34.9 Å². The lowest BCUT2D eigenvalue weighted by Crippen LogP contribution is -2.16. The van der Waals surface area contributed by atoms with Crippen LogP contribution in [-0.2, 0) is 17.8 Å². The van der Waals surface area contributed by atoms with Crippen LogP contribution >= 0.6 is 27.5 Å². The Morgan fingerprint density at radius 1 is 1.53 bits per heavy atom. The van der Waals surface area contributed by atoms with Gasteiger partial charge in [0.25, 0.3) is 0 Å². The molecule has 6 heteroatoms. The number of hydrogen-bond acceptors (Lipinski definition) is 4. The van der Waals surface area contributed by atoms with Crippen molar-refractivity contribution in [1.29, 1.82) is 0 Å². The first-order valence-corrected chi connectivity index (χ1v) is 7.24. The molecule has 0 aliphatic heterocycles. The van der Waals surface area contributed by atoms with Crippen molar-refractivity contribution in [3.05, 3.63) is 45.4 Å². The highest BCUT2D eigenvalue weighted by Gasteiger charge is 2.09. The molecule has 1 aromatic carbocycles. The highest BCUT2D eigenvalue weighted by Crippen LogP contribution is 2.24. The van der Waals surface area contributed by atoms with Gasteiger partial charge in [-0.2, -0.15) is 4.37 Å². The van der Waals surface area contributed by atoms with Gasteiger partial charge in [0, 0.05) is 12.7 Å². The van der Waals surface area contributed by atoms with Crippen LogP contribution in [0.5, 0.6) is 0 Å². The van der Waals surface area contributed by atoms with Gasteiger partial charge in [-0.1, -0.05) is 12.1 Å². The normalized spacial score (nSPS) is 10.4. The molecule has 1 heterocycles. The van der Waals surface area contributed by atoms with Crippen molar-refractivity contribution >= 4 is 39.1 Å². The van der Waals surface area contributed by atoms with Gasteiger partial charge in [-0.25, -0.2) is 0 Å². The molecule has 100 valence electrons. The van der Waals surface area contributed by atoms with E-state index >= 15 is 0 Å². The minimum absolute atomic E-state index is 0.0476. The van der Waals surface area contributed by atoms with Crippen LogP contribution in [0.2, 0.25) is 0 Å². The number of hydrogen-bond donors (Lipinski definition) is 1. The zero-order chi connectivity index (χ0) is 13.8.